The molecule has 2 aromatic rings. The van der Waals surface area contributed by atoms with Crippen molar-refractivity contribution in [2.24, 2.45) is 10.7 Å². The molecule has 1 saturated heterocycles. The molecule has 1 fully saturated rings. The molecule has 1 amide bonds. The Hall–Kier alpha value is -3.33. The predicted octanol–water partition coefficient (Wildman–Crippen LogP) is 3.01. The lowest BCUT2D eigenvalue weighted by Gasteiger charge is -2.29. The zero-order valence-electron chi connectivity index (χ0n) is 17.6. The van der Waals surface area contributed by atoms with Crippen LogP contribution in [-0.2, 0) is 11.3 Å². The second-order valence-corrected chi connectivity index (χ2v) is 6.59. The number of nitrogens with one attached hydrogen (secondary N) is 1. The second kappa shape index (κ2) is 11.8. The lowest BCUT2D eigenvalue weighted by Crippen LogP contribution is -2.42. The van der Waals surface area contributed by atoms with Crippen molar-refractivity contribution < 1.29 is 18.7 Å². The van der Waals surface area contributed by atoms with Crippen molar-refractivity contribution in [1.82, 2.24) is 4.98 Å². The maximum absolute atomic E-state index is 14.4. The zero-order valence-corrected chi connectivity index (χ0v) is 17.6. The summed E-state index contributed by atoms with van der Waals surface area (Å²) in [6.07, 6.45) is 3.53. The summed E-state index contributed by atoms with van der Waals surface area (Å²) in [6.45, 7) is 3.03. The second-order valence-electron chi connectivity index (χ2n) is 6.59. The van der Waals surface area contributed by atoms with Crippen molar-refractivity contribution >= 4 is 23.1 Å². The molecule has 9 heteroatoms. The first-order valence-electron chi connectivity index (χ1n) is 9.90. The molecule has 3 rings (SSSR count). The summed E-state index contributed by atoms with van der Waals surface area (Å²) in [5, 5.41) is 10.1. The molecule has 1 aliphatic heterocycles. The minimum absolute atomic E-state index is 0.0985. The van der Waals surface area contributed by atoms with Crippen LogP contribution >= 0.6 is 0 Å². The Morgan fingerprint density at radius 2 is 2.03 bits per heavy atom. The van der Waals surface area contributed by atoms with Gasteiger partial charge in [0.1, 0.15) is 11.6 Å². The van der Waals surface area contributed by atoms with Gasteiger partial charge in [0.15, 0.2) is 5.82 Å². The quantitative estimate of drug-likeness (QED) is 0.610. The summed E-state index contributed by atoms with van der Waals surface area (Å²) in [5.41, 5.74) is 6.91. The van der Waals surface area contributed by atoms with Gasteiger partial charge in [-0.05, 0) is 12.5 Å². The van der Waals surface area contributed by atoms with Crippen LogP contribution in [0.15, 0.2) is 53.3 Å². The molecular formula is C22H27F2N5O2. The largest absolute Gasteiger partial charge is 0.404 e. The topological polar surface area (TPSA) is 104 Å². The predicted molar refractivity (Wildman–Crippen MR) is 118 cm³/mol. The molecule has 31 heavy (non-hydrogen) atoms. The van der Waals surface area contributed by atoms with Crippen LogP contribution in [0.5, 0.6) is 0 Å². The monoisotopic (exact) mass is 431 g/mol. The van der Waals surface area contributed by atoms with Crippen molar-refractivity contribution in [3.05, 3.63) is 65.5 Å². The Kier molecular flexibility index (Phi) is 9.08. The Labute approximate surface area is 180 Å². The van der Waals surface area contributed by atoms with Gasteiger partial charge in [-0.3, -0.25) is 9.79 Å². The van der Waals surface area contributed by atoms with E-state index < -0.39 is 11.7 Å². The fourth-order valence-electron chi connectivity index (χ4n) is 3.08. The van der Waals surface area contributed by atoms with Gasteiger partial charge in [0.25, 0.3) is 5.91 Å². The standard InChI is InChI=1S/C21H23F2N5O.CH4O/c1-2-8-25-20-10-19(17(23)13-27-20)28-9-7-18(15(11-24)21(28)29)26-12-14-5-3-4-6-16(14)22;1-2/h3-6,10-11,13H,2,7-9,12,24H2,1H3,(H,25,27);2H,1H3/b15-11+,26-18?;. The Morgan fingerprint density at radius 3 is 2.71 bits per heavy atom. The first-order valence-corrected chi connectivity index (χ1v) is 9.90. The summed E-state index contributed by atoms with van der Waals surface area (Å²) in [4.78, 5) is 22.7. The molecule has 0 atom stereocenters. The lowest BCUT2D eigenvalue weighted by atomic mass is 10.0. The molecule has 0 spiro atoms. The molecule has 0 aliphatic carbocycles. The smallest absolute Gasteiger partial charge is 0.261 e. The average molecular weight is 431 g/mol. The minimum Gasteiger partial charge on any atom is -0.404 e. The maximum atomic E-state index is 14.4. The normalized spacial score (nSPS) is 16.3. The molecule has 0 saturated carbocycles. The van der Waals surface area contributed by atoms with Gasteiger partial charge in [-0.15, -0.1) is 0 Å². The highest BCUT2D eigenvalue weighted by atomic mass is 19.1. The number of hydrogen-bond donors (Lipinski definition) is 3. The third kappa shape index (κ3) is 5.85. The maximum Gasteiger partial charge on any atom is 0.261 e. The van der Waals surface area contributed by atoms with Crippen molar-refractivity contribution in [1.29, 1.82) is 0 Å². The van der Waals surface area contributed by atoms with Crippen LogP contribution in [0.2, 0.25) is 0 Å². The van der Waals surface area contributed by atoms with E-state index in [1.807, 2.05) is 6.92 Å². The number of pyridine rings is 1. The summed E-state index contributed by atoms with van der Waals surface area (Å²) in [6, 6.07) is 7.84. The third-order valence-corrected chi connectivity index (χ3v) is 4.61. The molecule has 1 aliphatic rings. The Bertz CT molecular complexity index is 963. The number of rotatable bonds is 6. The molecule has 0 bridgehead atoms. The summed E-state index contributed by atoms with van der Waals surface area (Å²) >= 11 is 0. The van der Waals surface area contributed by atoms with Crippen molar-refractivity contribution in [2.45, 2.75) is 26.3 Å². The van der Waals surface area contributed by atoms with Crippen LogP contribution in [0.1, 0.15) is 25.3 Å². The molecule has 1 aromatic heterocycles. The lowest BCUT2D eigenvalue weighted by molar-refractivity contribution is -0.114. The van der Waals surface area contributed by atoms with Crippen LogP contribution in [0, 0.1) is 11.6 Å². The van der Waals surface area contributed by atoms with Crippen LogP contribution in [-0.4, -0.2) is 41.9 Å². The zero-order chi connectivity index (χ0) is 22.8. The van der Waals surface area contributed by atoms with Gasteiger partial charge in [-0.1, -0.05) is 25.1 Å². The van der Waals surface area contributed by atoms with E-state index in [0.717, 1.165) is 19.7 Å². The number of aliphatic hydroxyl groups is 1. The number of carbonyl (C=O) groups is 1. The molecular weight excluding hydrogens is 404 g/mol. The van der Waals surface area contributed by atoms with Crippen LogP contribution in [0.3, 0.4) is 0 Å². The minimum atomic E-state index is -0.594. The van der Waals surface area contributed by atoms with Crippen molar-refractivity contribution in [3.8, 4) is 0 Å². The van der Waals surface area contributed by atoms with E-state index in [-0.39, 0.29) is 30.2 Å². The Balaban J connectivity index is 0.00000166. The van der Waals surface area contributed by atoms with Gasteiger partial charge in [0.2, 0.25) is 0 Å². The van der Waals surface area contributed by atoms with Gasteiger partial charge in [-0.25, -0.2) is 13.8 Å². The number of nitrogens with two attached hydrogens (primary N) is 1. The van der Waals surface area contributed by atoms with Crippen molar-refractivity contribution in [3.63, 3.8) is 0 Å². The van der Waals surface area contributed by atoms with Gasteiger partial charge >= 0.3 is 0 Å². The van der Waals surface area contributed by atoms with Gasteiger partial charge in [0, 0.05) is 44.4 Å². The van der Waals surface area contributed by atoms with E-state index in [4.69, 9.17) is 10.8 Å². The summed E-state index contributed by atoms with van der Waals surface area (Å²) < 4.78 is 28.2. The van der Waals surface area contributed by atoms with Gasteiger partial charge < -0.3 is 21.1 Å². The average Bonchev–Trinajstić information content (AvgIpc) is 2.79. The van der Waals surface area contributed by atoms with E-state index in [9.17, 15) is 13.6 Å². The molecule has 4 N–H and O–H groups in total. The number of aliphatic imine (C=N–C) groups is 1. The third-order valence-electron chi connectivity index (χ3n) is 4.61. The van der Waals surface area contributed by atoms with Gasteiger partial charge in [-0.2, -0.15) is 0 Å². The SMILES string of the molecule is CCCNc1cc(N2CCC(=NCc3ccccc3F)/C(=C\N)C2=O)c(F)cn1.CO. The molecule has 2 heterocycles. The van der Waals surface area contributed by atoms with E-state index >= 15 is 0 Å². The molecule has 0 radical (unpaired) electrons. The molecule has 166 valence electrons. The number of piperidine rings is 1. The molecule has 7 nitrogen and oxygen atoms in total. The number of amides is 1. The number of halogens is 2. The van der Waals surface area contributed by atoms with Crippen LogP contribution in [0.4, 0.5) is 20.3 Å². The fraction of sp³-hybridized carbons (Fsp3) is 0.318. The first kappa shape index (κ1) is 23.9. The van der Waals surface area contributed by atoms with E-state index in [1.165, 1.54) is 23.2 Å². The summed E-state index contributed by atoms with van der Waals surface area (Å²) in [7, 11) is 1.00. The highest BCUT2D eigenvalue weighted by molar-refractivity contribution is 6.28. The number of nitrogens with zero attached hydrogens (tertiary/aromatic N) is 3. The van der Waals surface area contributed by atoms with E-state index in [1.54, 1.807) is 18.2 Å². The van der Waals surface area contributed by atoms with Crippen LogP contribution in [0.25, 0.3) is 0 Å². The number of carbonyl (C=O) groups excluding carboxylic acids is 1. The molecule has 1 aromatic carbocycles. The van der Waals surface area contributed by atoms with Gasteiger partial charge in [0.05, 0.1) is 29.7 Å². The van der Waals surface area contributed by atoms with Crippen LogP contribution < -0.4 is 16.0 Å². The highest BCUT2D eigenvalue weighted by Crippen LogP contribution is 2.27. The number of hydrogen-bond acceptors (Lipinski definition) is 6. The fourth-order valence-corrected chi connectivity index (χ4v) is 3.08. The number of anilines is 2. The Morgan fingerprint density at radius 1 is 1.29 bits per heavy atom. The number of aromatic nitrogens is 1. The molecule has 0 unspecified atom stereocenters. The first-order chi connectivity index (χ1) is 15.0. The highest BCUT2D eigenvalue weighted by Gasteiger charge is 2.30. The summed E-state index contributed by atoms with van der Waals surface area (Å²) in [5.74, 6) is -0.903. The van der Waals surface area contributed by atoms with E-state index in [2.05, 4.69) is 15.3 Å². The number of benzene rings is 1. The van der Waals surface area contributed by atoms with Crippen molar-refractivity contribution in [2.75, 3.05) is 30.4 Å². The number of aliphatic hydroxyl groups excluding tert-OH is 1. The van der Waals surface area contributed by atoms with E-state index in [0.29, 0.717) is 30.1 Å².